The minimum Gasteiger partial charge on any atom is -0.487 e. The average Bonchev–Trinajstić information content (AvgIpc) is 2.39. The van der Waals surface area contributed by atoms with Gasteiger partial charge in [-0.1, -0.05) is 18.2 Å². The maximum Gasteiger partial charge on any atom is 0.138 e. The molecule has 1 aromatic heterocycles. The first-order chi connectivity index (χ1) is 8.70. The molecule has 0 radical (unpaired) electrons. The Morgan fingerprint density at radius 1 is 1.22 bits per heavy atom. The van der Waals surface area contributed by atoms with Crippen LogP contribution in [0.5, 0.6) is 5.75 Å². The van der Waals surface area contributed by atoms with Gasteiger partial charge >= 0.3 is 0 Å². The Hall–Kier alpha value is -1.94. The summed E-state index contributed by atoms with van der Waals surface area (Å²) in [5.41, 5.74) is 7.36. The fraction of sp³-hybridized carbons (Fsp3) is 0.214. The zero-order valence-corrected chi connectivity index (χ0v) is 10.2. The highest BCUT2D eigenvalue weighted by molar-refractivity contribution is 5.26. The first-order valence-electron chi connectivity index (χ1n) is 5.72. The summed E-state index contributed by atoms with van der Waals surface area (Å²) in [6.45, 7) is 2.25. The van der Waals surface area contributed by atoms with E-state index in [4.69, 9.17) is 10.5 Å². The third kappa shape index (κ3) is 2.84. The molecular weight excluding hydrogens is 231 g/mol. The van der Waals surface area contributed by atoms with Crippen molar-refractivity contribution in [2.45, 2.75) is 20.1 Å². The number of ether oxygens (including phenoxy) is 1. The van der Waals surface area contributed by atoms with Crippen molar-refractivity contribution in [1.82, 2.24) is 4.98 Å². The van der Waals surface area contributed by atoms with E-state index >= 15 is 0 Å². The van der Waals surface area contributed by atoms with Crippen molar-refractivity contribution >= 4 is 0 Å². The predicted octanol–water partition coefficient (Wildman–Crippen LogP) is 2.57. The highest BCUT2D eigenvalue weighted by atomic mass is 19.1. The summed E-state index contributed by atoms with van der Waals surface area (Å²) in [6, 6.07) is 8.80. The lowest BCUT2D eigenvalue weighted by Gasteiger charge is -2.09. The van der Waals surface area contributed by atoms with Crippen molar-refractivity contribution in [1.29, 1.82) is 0 Å². The highest BCUT2D eigenvalue weighted by Crippen LogP contribution is 2.16. The number of hydrogen-bond acceptors (Lipinski definition) is 3. The number of halogens is 1. The molecule has 0 amide bonds. The molecule has 0 spiro atoms. The molecule has 0 aliphatic rings. The van der Waals surface area contributed by atoms with Crippen LogP contribution < -0.4 is 10.5 Å². The van der Waals surface area contributed by atoms with Gasteiger partial charge in [0, 0.05) is 23.4 Å². The van der Waals surface area contributed by atoms with Crippen LogP contribution in [0.25, 0.3) is 0 Å². The summed E-state index contributed by atoms with van der Waals surface area (Å²) in [5.74, 6) is 0.332. The van der Waals surface area contributed by atoms with Crippen LogP contribution in [0, 0.1) is 12.7 Å². The van der Waals surface area contributed by atoms with Gasteiger partial charge in [-0.3, -0.25) is 4.98 Å². The summed E-state index contributed by atoms with van der Waals surface area (Å²) in [5, 5.41) is 0. The average molecular weight is 246 g/mol. The van der Waals surface area contributed by atoms with E-state index < -0.39 is 0 Å². The van der Waals surface area contributed by atoms with Crippen LogP contribution in [0.1, 0.15) is 16.8 Å². The van der Waals surface area contributed by atoms with Gasteiger partial charge in [0.25, 0.3) is 0 Å². The molecule has 3 nitrogen and oxygen atoms in total. The molecule has 0 atom stereocenters. The standard InChI is InChI=1S/C14H15FN2O/c1-10-5-6-13(8-17-10)18-9-12-4-2-3-11(7-16)14(12)15/h2-6,8H,7,9,16H2,1H3. The van der Waals surface area contributed by atoms with Gasteiger partial charge in [-0.25, -0.2) is 4.39 Å². The number of aromatic nitrogens is 1. The number of pyridine rings is 1. The fourth-order valence-corrected chi connectivity index (χ4v) is 1.60. The first-order valence-corrected chi connectivity index (χ1v) is 5.72. The van der Waals surface area contributed by atoms with E-state index in [1.807, 2.05) is 19.1 Å². The van der Waals surface area contributed by atoms with E-state index in [9.17, 15) is 4.39 Å². The number of nitrogens with zero attached hydrogens (tertiary/aromatic N) is 1. The molecule has 1 heterocycles. The summed E-state index contributed by atoms with van der Waals surface area (Å²) < 4.78 is 19.3. The number of hydrogen-bond donors (Lipinski definition) is 1. The zero-order valence-electron chi connectivity index (χ0n) is 10.2. The second-order valence-corrected chi connectivity index (χ2v) is 4.02. The third-order valence-electron chi connectivity index (χ3n) is 2.66. The Morgan fingerprint density at radius 2 is 2.00 bits per heavy atom. The maximum absolute atomic E-state index is 13.9. The van der Waals surface area contributed by atoms with E-state index in [0.29, 0.717) is 16.9 Å². The van der Waals surface area contributed by atoms with Gasteiger partial charge in [0.2, 0.25) is 0 Å². The highest BCUT2D eigenvalue weighted by Gasteiger charge is 2.07. The minimum atomic E-state index is -0.292. The lowest BCUT2D eigenvalue weighted by atomic mass is 10.1. The third-order valence-corrected chi connectivity index (χ3v) is 2.66. The van der Waals surface area contributed by atoms with Gasteiger partial charge in [-0.05, 0) is 19.1 Å². The Labute approximate surface area is 105 Å². The summed E-state index contributed by atoms with van der Waals surface area (Å²) in [6.07, 6.45) is 1.63. The maximum atomic E-state index is 13.9. The number of aryl methyl sites for hydroxylation is 1. The van der Waals surface area contributed by atoms with Crippen LogP contribution in [0.15, 0.2) is 36.5 Å². The van der Waals surface area contributed by atoms with Gasteiger partial charge < -0.3 is 10.5 Å². The molecule has 0 saturated carbocycles. The van der Waals surface area contributed by atoms with E-state index in [2.05, 4.69) is 4.98 Å². The molecule has 1 aromatic carbocycles. The lowest BCUT2D eigenvalue weighted by Crippen LogP contribution is -2.05. The summed E-state index contributed by atoms with van der Waals surface area (Å²) >= 11 is 0. The van der Waals surface area contributed by atoms with Crippen molar-refractivity contribution in [2.24, 2.45) is 5.73 Å². The smallest absolute Gasteiger partial charge is 0.138 e. The first kappa shape index (κ1) is 12.5. The molecule has 4 heteroatoms. The monoisotopic (exact) mass is 246 g/mol. The molecule has 0 unspecified atom stereocenters. The molecule has 0 bridgehead atoms. The fourth-order valence-electron chi connectivity index (χ4n) is 1.60. The molecule has 2 N–H and O–H groups in total. The van der Waals surface area contributed by atoms with Crippen LogP contribution in [-0.2, 0) is 13.2 Å². The number of rotatable bonds is 4. The van der Waals surface area contributed by atoms with Crippen molar-refractivity contribution in [3.63, 3.8) is 0 Å². The van der Waals surface area contributed by atoms with E-state index in [1.54, 1.807) is 24.4 Å². The molecule has 2 rings (SSSR count). The number of nitrogens with two attached hydrogens (primary N) is 1. The second kappa shape index (κ2) is 5.60. The van der Waals surface area contributed by atoms with Gasteiger partial charge in [0.1, 0.15) is 18.2 Å². The van der Waals surface area contributed by atoms with Gasteiger partial charge in [0.15, 0.2) is 0 Å². The Kier molecular flexibility index (Phi) is 3.89. The van der Waals surface area contributed by atoms with Crippen LogP contribution in [0.2, 0.25) is 0 Å². The number of benzene rings is 1. The largest absolute Gasteiger partial charge is 0.487 e. The second-order valence-electron chi connectivity index (χ2n) is 4.02. The molecule has 0 saturated heterocycles. The minimum absolute atomic E-state index is 0.171. The SMILES string of the molecule is Cc1ccc(OCc2cccc(CN)c2F)cn1. The van der Waals surface area contributed by atoms with E-state index in [-0.39, 0.29) is 19.0 Å². The van der Waals surface area contributed by atoms with E-state index in [0.717, 1.165) is 5.69 Å². The van der Waals surface area contributed by atoms with Crippen LogP contribution in [0.4, 0.5) is 4.39 Å². The van der Waals surface area contributed by atoms with Crippen molar-refractivity contribution < 1.29 is 9.13 Å². The van der Waals surface area contributed by atoms with E-state index in [1.165, 1.54) is 0 Å². The molecule has 0 aliphatic carbocycles. The van der Waals surface area contributed by atoms with Crippen LogP contribution in [0.3, 0.4) is 0 Å². The van der Waals surface area contributed by atoms with Crippen molar-refractivity contribution in [3.8, 4) is 5.75 Å². The molecule has 0 aliphatic heterocycles. The summed E-state index contributed by atoms with van der Waals surface area (Å²) in [7, 11) is 0. The van der Waals surface area contributed by atoms with Gasteiger partial charge in [-0.15, -0.1) is 0 Å². The Morgan fingerprint density at radius 3 is 2.67 bits per heavy atom. The van der Waals surface area contributed by atoms with Crippen LogP contribution >= 0.6 is 0 Å². The van der Waals surface area contributed by atoms with Gasteiger partial charge in [-0.2, -0.15) is 0 Å². The van der Waals surface area contributed by atoms with Crippen molar-refractivity contribution in [2.75, 3.05) is 0 Å². The van der Waals surface area contributed by atoms with Crippen LogP contribution in [-0.4, -0.2) is 4.98 Å². The topological polar surface area (TPSA) is 48.1 Å². The normalized spacial score (nSPS) is 10.4. The van der Waals surface area contributed by atoms with Crippen molar-refractivity contribution in [3.05, 3.63) is 59.2 Å². The molecule has 18 heavy (non-hydrogen) atoms. The molecule has 94 valence electrons. The predicted molar refractivity (Wildman–Crippen MR) is 67.6 cm³/mol. The summed E-state index contributed by atoms with van der Waals surface area (Å²) in [4.78, 5) is 4.11. The molecular formula is C14H15FN2O. The quantitative estimate of drug-likeness (QED) is 0.902. The molecule has 2 aromatic rings. The molecule has 0 fully saturated rings. The Balaban J connectivity index is 2.08. The lowest BCUT2D eigenvalue weighted by molar-refractivity contribution is 0.298. The zero-order chi connectivity index (χ0) is 13.0. The Bertz CT molecular complexity index is 526. The van der Waals surface area contributed by atoms with Gasteiger partial charge in [0.05, 0.1) is 6.20 Å².